The van der Waals surface area contributed by atoms with Gasteiger partial charge in [0.05, 0.1) is 29.6 Å². The minimum atomic E-state index is -4.56. The molecule has 0 amide bonds. The molecule has 0 saturated carbocycles. The summed E-state index contributed by atoms with van der Waals surface area (Å²) >= 11 is 0. The highest BCUT2D eigenvalue weighted by atomic mass is 19.4. The fraction of sp³-hybridized carbons (Fsp3) is 0.231. The van der Waals surface area contributed by atoms with Gasteiger partial charge in [0.25, 0.3) is 0 Å². The van der Waals surface area contributed by atoms with E-state index in [0.29, 0.717) is 0 Å². The fourth-order valence-corrected chi connectivity index (χ4v) is 1.72. The van der Waals surface area contributed by atoms with Gasteiger partial charge >= 0.3 is 12.1 Å². The average molecular weight is 299 g/mol. The fourth-order valence-electron chi connectivity index (χ4n) is 1.72. The van der Waals surface area contributed by atoms with Crippen molar-refractivity contribution in [3.05, 3.63) is 41.7 Å². The summed E-state index contributed by atoms with van der Waals surface area (Å²) in [5, 5.41) is 3.85. The Kier molecular flexibility index (Phi) is 3.88. The minimum absolute atomic E-state index is 0.145. The van der Waals surface area contributed by atoms with Gasteiger partial charge in [-0.1, -0.05) is 0 Å². The Bertz CT molecular complexity index is 665. The highest BCUT2D eigenvalue weighted by molar-refractivity contribution is 5.88. The molecule has 0 fully saturated rings. The number of aromatic nitrogens is 2. The number of hydrogen-bond donors (Lipinski definition) is 1. The molecule has 0 aliphatic heterocycles. The van der Waals surface area contributed by atoms with Crippen LogP contribution < -0.4 is 5.73 Å². The normalized spacial score (nSPS) is 11.4. The first-order chi connectivity index (χ1) is 9.82. The first-order valence-electron chi connectivity index (χ1n) is 6.02. The quantitative estimate of drug-likeness (QED) is 0.698. The monoisotopic (exact) mass is 299 g/mol. The van der Waals surface area contributed by atoms with Crippen LogP contribution in [0.4, 0.5) is 18.9 Å². The van der Waals surface area contributed by atoms with Crippen LogP contribution in [0.5, 0.6) is 0 Å². The standard InChI is InChI=1S/C13H12F3N3O2/c1-2-21-12(20)8-6-18-19(7-8)9-3-4-11(17)10(5-9)13(14,15)16/h3-7H,2,17H2,1H3. The molecule has 21 heavy (non-hydrogen) atoms. The largest absolute Gasteiger partial charge is 0.462 e. The molecule has 2 rings (SSSR count). The van der Waals surface area contributed by atoms with Crippen molar-refractivity contribution in [3.8, 4) is 5.69 Å². The van der Waals surface area contributed by atoms with Crippen molar-refractivity contribution in [1.29, 1.82) is 0 Å². The molecule has 112 valence electrons. The van der Waals surface area contributed by atoms with E-state index in [1.807, 2.05) is 0 Å². The number of nitrogens with two attached hydrogens (primary N) is 1. The van der Waals surface area contributed by atoms with Crippen LogP contribution in [-0.4, -0.2) is 22.4 Å². The molecule has 0 unspecified atom stereocenters. The van der Waals surface area contributed by atoms with Gasteiger partial charge in [-0.3, -0.25) is 0 Å². The number of ether oxygens (including phenoxy) is 1. The molecule has 0 aliphatic rings. The summed E-state index contributed by atoms with van der Waals surface area (Å²) in [7, 11) is 0. The van der Waals surface area contributed by atoms with Gasteiger partial charge in [0.2, 0.25) is 0 Å². The summed E-state index contributed by atoms with van der Waals surface area (Å²) in [6.07, 6.45) is -2.04. The van der Waals surface area contributed by atoms with Gasteiger partial charge in [-0.2, -0.15) is 18.3 Å². The maximum Gasteiger partial charge on any atom is 0.418 e. The van der Waals surface area contributed by atoms with Gasteiger partial charge < -0.3 is 10.5 Å². The summed E-state index contributed by atoms with van der Waals surface area (Å²) in [6.45, 7) is 1.85. The molecule has 0 saturated heterocycles. The number of alkyl halides is 3. The maximum atomic E-state index is 12.8. The van der Waals surface area contributed by atoms with Gasteiger partial charge in [-0.15, -0.1) is 0 Å². The highest BCUT2D eigenvalue weighted by Crippen LogP contribution is 2.34. The lowest BCUT2D eigenvalue weighted by molar-refractivity contribution is -0.136. The van der Waals surface area contributed by atoms with Crippen LogP contribution in [0.3, 0.4) is 0 Å². The Morgan fingerprint density at radius 1 is 1.43 bits per heavy atom. The van der Waals surface area contributed by atoms with Crippen molar-refractivity contribution in [3.63, 3.8) is 0 Å². The Hall–Kier alpha value is -2.51. The first kappa shape index (κ1) is 14.9. The molecule has 5 nitrogen and oxygen atoms in total. The van der Waals surface area contributed by atoms with Gasteiger partial charge in [0.15, 0.2) is 0 Å². The third-order valence-electron chi connectivity index (χ3n) is 2.70. The summed E-state index contributed by atoms with van der Waals surface area (Å²) < 4.78 is 44.3. The molecule has 2 aromatic rings. The number of hydrogen-bond acceptors (Lipinski definition) is 4. The zero-order valence-electron chi connectivity index (χ0n) is 11.0. The molecule has 1 aromatic heterocycles. The second-order valence-electron chi connectivity index (χ2n) is 4.16. The van der Waals surface area contributed by atoms with E-state index in [4.69, 9.17) is 10.5 Å². The van der Waals surface area contributed by atoms with E-state index in [2.05, 4.69) is 5.10 Å². The van der Waals surface area contributed by atoms with Crippen molar-refractivity contribution < 1.29 is 22.7 Å². The summed E-state index contributed by atoms with van der Waals surface area (Å²) in [6, 6.07) is 3.40. The van der Waals surface area contributed by atoms with E-state index in [1.54, 1.807) is 6.92 Å². The van der Waals surface area contributed by atoms with E-state index >= 15 is 0 Å². The SMILES string of the molecule is CCOC(=O)c1cnn(-c2ccc(N)c(C(F)(F)F)c2)c1. The number of esters is 1. The predicted molar refractivity (Wildman–Crippen MR) is 68.9 cm³/mol. The smallest absolute Gasteiger partial charge is 0.418 e. The Balaban J connectivity index is 2.37. The molecular formula is C13H12F3N3O2. The number of benzene rings is 1. The van der Waals surface area contributed by atoms with E-state index < -0.39 is 17.7 Å². The van der Waals surface area contributed by atoms with Crippen LogP contribution in [0, 0.1) is 0 Å². The molecule has 0 aliphatic carbocycles. The molecule has 8 heteroatoms. The molecular weight excluding hydrogens is 287 g/mol. The summed E-state index contributed by atoms with van der Waals surface area (Å²) in [4.78, 5) is 11.5. The van der Waals surface area contributed by atoms with Crippen LogP contribution in [-0.2, 0) is 10.9 Å². The Labute approximate surface area is 118 Å². The van der Waals surface area contributed by atoms with E-state index in [-0.39, 0.29) is 23.5 Å². The Morgan fingerprint density at radius 3 is 2.76 bits per heavy atom. The van der Waals surface area contributed by atoms with Gasteiger partial charge in [-0.05, 0) is 25.1 Å². The number of nitrogens with zero attached hydrogens (tertiary/aromatic N) is 2. The minimum Gasteiger partial charge on any atom is -0.462 e. The van der Waals surface area contributed by atoms with Crippen molar-refractivity contribution in [2.75, 3.05) is 12.3 Å². The van der Waals surface area contributed by atoms with Crippen LogP contribution in [0.25, 0.3) is 5.69 Å². The average Bonchev–Trinajstić information content (AvgIpc) is 2.88. The number of nitrogen functional groups attached to an aromatic ring is 1. The van der Waals surface area contributed by atoms with Crippen LogP contribution in [0.1, 0.15) is 22.8 Å². The maximum absolute atomic E-state index is 12.8. The molecule has 0 spiro atoms. The number of anilines is 1. The molecule has 0 atom stereocenters. The first-order valence-corrected chi connectivity index (χ1v) is 6.02. The lowest BCUT2D eigenvalue weighted by atomic mass is 10.1. The van der Waals surface area contributed by atoms with Crippen molar-refractivity contribution in [2.24, 2.45) is 0 Å². The predicted octanol–water partition coefficient (Wildman–Crippen LogP) is 2.65. The topological polar surface area (TPSA) is 70.1 Å². The second kappa shape index (κ2) is 5.47. The lowest BCUT2D eigenvalue weighted by Gasteiger charge is -2.11. The molecule has 0 bridgehead atoms. The zero-order chi connectivity index (χ0) is 15.6. The van der Waals surface area contributed by atoms with Crippen molar-refractivity contribution in [1.82, 2.24) is 9.78 Å². The van der Waals surface area contributed by atoms with Gasteiger partial charge in [0.1, 0.15) is 0 Å². The number of halogens is 3. The molecule has 1 aromatic carbocycles. The van der Waals surface area contributed by atoms with Crippen molar-refractivity contribution >= 4 is 11.7 Å². The van der Waals surface area contributed by atoms with Crippen molar-refractivity contribution in [2.45, 2.75) is 13.1 Å². The van der Waals surface area contributed by atoms with Crippen LogP contribution in [0.15, 0.2) is 30.6 Å². The molecule has 2 N–H and O–H groups in total. The number of carbonyl (C=O) groups is 1. The zero-order valence-corrected chi connectivity index (χ0v) is 11.0. The molecule has 1 heterocycles. The van der Waals surface area contributed by atoms with E-state index in [9.17, 15) is 18.0 Å². The lowest BCUT2D eigenvalue weighted by Crippen LogP contribution is -2.10. The van der Waals surface area contributed by atoms with Gasteiger partial charge in [0, 0.05) is 11.9 Å². The van der Waals surface area contributed by atoms with Gasteiger partial charge in [-0.25, -0.2) is 9.48 Å². The third kappa shape index (κ3) is 3.15. The Morgan fingerprint density at radius 2 is 2.14 bits per heavy atom. The highest BCUT2D eigenvalue weighted by Gasteiger charge is 2.33. The number of carbonyl (C=O) groups excluding carboxylic acids is 1. The van der Waals surface area contributed by atoms with Crippen LogP contribution in [0.2, 0.25) is 0 Å². The molecule has 0 radical (unpaired) electrons. The number of rotatable bonds is 3. The second-order valence-corrected chi connectivity index (χ2v) is 4.16. The summed E-state index contributed by atoms with van der Waals surface area (Å²) in [5.74, 6) is -0.588. The van der Waals surface area contributed by atoms with E-state index in [0.717, 1.165) is 16.8 Å². The summed E-state index contributed by atoms with van der Waals surface area (Å²) in [5.41, 5.74) is 4.30. The third-order valence-corrected chi connectivity index (χ3v) is 2.70. The van der Waals surface area contributed by atoms with E-state index in [1.165, 1.54) is 18.5 Å². The van der Waals surface area contributed by atoms with Crippen LogP contribution >= 0.6 is 0 Å².